The number of epoxide rings is 1. The number of hydrogen-bond acceptors (Lipinski definition) is 9. The Balaban J connectivity index is 2.27. The Labute approximate surface area is 302 Å². The van der Waals surface area contributed by atoms with Gasteiger partial charge in [0.2, 0.25) is 0 Å². The Morgan fingerprint density at radius 3 is 1.98 bits per heavy atom. The molecule has 0 aliphatic carbocycles. The lowest BCUT2D eigenvalue weighted by molar-refractivity contribution is -0.161. The van der Waals surface area contributed by atoms with Gasteiger partial charge in [-0.2, -0.15) is 0 Å². The van der Waals surface area contributed by atoms with Crippen LogP contribution in [0.4, 0.5) is 0 Å². The fourth-order valence-electron chi connectivity index (χ4n) is 5.06. The predicted octanol–water partition coefficient (Wildman–Crippen LogP) is 9.37. The number of phosphoric acid groups is 1. The minimum atomic E-state index is -4.39. The van der Waals surface area contributed by atoms with Crippen molar-refractivity contribution < 1.29 is 42.3 Å². The maximum absolute atomic E-state index is 12.5. The standard InChI is InChI=1S/C39H68NO9P/c1-3-5-7-9-11-12-13-14-17-22-26-30-39(42)48-35(34-47-50(43,44)46-32-31-40)33-45-38(41)29-25-21-18-15-16-20-24-28-37-36(49-37)27-23-19-10-8-6-4-2/h9,11,15,18-20,23-24,35-37H,3-8,10,12-14,16-17,21-22,25-34,40H2,1-2H3,(H,43,44)/b11-9-,18-15-,23-19-,24-20-/t35-,36?,37?/m1/s1. The Bertz CT molecular complexity index is 1030. The molecule has 3 N–H and O–H groups in total. The van der Waals surface area contributed by atoms with Crippen molar-refractivity contribution in [2.75, 3.05) is 26.4 Å². The summed E-state index contributed by atoms with van der Waals surface area (Å²) in [4.78, 5) is 34.7. The fraction of sp³-hybridized carbons (Fsp3) is 0.744. The van der Waals surface area contributed by atoms with Crippen molar-refractivity contribution in [3.63, 3.8) is 0 Å². The molecule has 288 valence electrons. The summed E-state index contributed by atoms with van der Waals surface area (Å²) < 4.78 is 38.3. The van der Waals surface area contributed by atoms with Gasteiger partial charge in [0.25, 0.3) is 0 Å². The molecule has 10 nitrogen and oxygen atoms in total. The lowest BCUT2D eigenvalue weighted by Gasteiger charge is -2.19. The summed E-state index contributed by atoms with van der Waals surface area (Å²) in [6.07, 6.45) is 36.1. The maximum atomic E-state index is 12.5. The number of phosphoric ester groups is 1. The van der Waals surface area contributed by atoms with Gasteiger partial charge < -0.3 is 24.8 Å². The summed E-state index contributed by atoms with van der Waals surface area (Å²) in [5, 5.41) is 0. The van der Waals surface area contributed by atoms with E-state index >= 15 is 0 Å². The molecule has 0 saturated carbocycles. The molecular weight excluding hydrogens is 657 g/mol. The first-order chi connectivity index (χ1) is 24.3. The normalized spacial score (nSPS) is 18.0. The Morgan fingerprint density at radius 1 is 0.700 bits per heavy atom. The van der Waals surface area contributed by atoms with Gasteiger partial charge in [0, 0.05) is 19.4 Å². The highest BCUT2D eigenvalue weighted by atomic mass is 31.2. The van der Waals surface area contributed by atoms with Gasteiger partial charge in [-0.05, 0) is 70.6 Å². The van der Waals surface area contributed by atoms with Crippen molar-refractivity contribution in [3.8, 4) is 0 Å². The highest BCUT2D eigenvalue weighted by molar-refractivity contribution is 7.47. The molecule has 1 rings (SSSR count). The third-order valence-corrected chi connectivity index (χ3v) is 9.07. The van der Waals surface area contributed by atoms with Crippen LogP contribution in [0.25, 0.3) is 0 Å². The van der Waals surface area contributed by atoms with Crippen molar-refractivity contribution in [2.45, 2.75) is 161 Å². The summed E-state index contributed by atoms with van der Waals surface area (Å²) in [7, 11) is -4.39. The minimum Gasteiger partial charge on any atom is -0.462 e. The molecule has 0 aromatic rings. The number of hydrogen-bond donors (Lipinski definition) is 2. The number of rotatable bonds is 34. The monoisotopic (exact) mass is 725 g/mol. The minimum absolute atomic E-state index is 0.0410. The van der Waals surface area contributed by atoms with Crippen LogP contribution in [0.1, 0.15) is 142 Å². The summed E-state index contributed by atoms with van der Waals surface area (Å²) in [5.41, 5.74) is 5.32. The maximum Gasteiger partial charge on any atom is 0.472 e. The van der Waals surface area contributed by atoms with E-state index in [2.05, 4.69) is 56.4 Å². The van der Waals surface area contributed by atoms with Crippen LogP contribution >= 0.6 is 7.82 Å². The number of carbonyl (C=O) groups excluding carboxylic acids is 2. The van der Waals surface area contributed by atoms with Crippen LogP contribution in [0.15, 0.2) is 48.6 Å². The van der Waals surface area contributed by atoms with Gasteiger partial charge in [-0.15, -0.1) is 0 Å². The van der Waals surface area contributed by atoms with Crippen LogP contribution in [-0.4, -0.2) is 61.5 Å². The van der Waals surface area contributed by atoms with Crippen molar-refractivity contribution in [1.82, 2.24) is 0 Å². The summed E-state index contributed by atoms with van der Waals surface area (Å²) >= 11 is 0. The van der Waals surface area contributed by atoms with E-state index in [1.807, 2.05) is 6.08 Å². The molecule has 0 aromatic heterocycles. The average molecular weight is 726 g/mol. The van der Waals surface area contributed by atoms with E-state index in [4.69, 9.17) is 29.0 Å². The Kier molecular flexibility index (Phi) is 29.1. The van der Waals surface area contributed by atoms with E-state index in [0.29, 0.717) is 25.0 Å². The SMILES string of the molecule is CCCC/C=C\CCCCCCCC(=O)O[C@H](COC(=O)CCC/C=C\C/C=C\CC1OC1C/C=C\CCCCC)COP(=O)(O)OCCN. The number of nitrogens with two attached hydrogens (primary N) is 1. The zero-order chi connectivity index (χ0) is 36.5. The highest BCUT2D eigenvalue weighted by Gasteiger charge is 2.36. The van der Waals surface area contributed by atoms with E-state index in [-0.39, 0.29) is 32.6 Å². The third kappa shape index (κ3) is 28.6. The van der Waals surface area contributed by atoms with Gasteiger partial charge >= 0.3 is 19.8 Å². The predicted molar refractivity (Wildman–Crippen MR) is 201 cm³/mol. The molecular formula is C39H68NO9P. The molecule has 1 saturated heterocycles. The smallest absolute Gasteiger partial charge is 0.462 e. The average Bonchev–Trinajstić information content (AvgIpc) is 3.86. The summed E-state index contributed by atoms with van der Waals surface area (Å²) in [5.74, 6) is -0.918. The fourth-order valence-corrected chi connectivity index (χ4v) is 5.82. The molecule has 0 amide bonds. The van der Waals surface area contributed by atoms with Crippen LogP contribution in [0.5, 0.6) is 0 Å². The van der Waals surface area contributed by atoms with Crippen LogP contribution in [-0.2, 0) is 37.4 Å². The Hall–Kier alpha value is -2.07. The van der Waals surface area contributed by atoms with Crippen molar-refractivity contribution in [3.05, 3.63) is 48.6 Å². The van der Waals surface area contributed by atoms with Crippen LogP contribution in [0.2, 0.25) is 0 Å². The molecule has 4 atom stereocenters. The van der Waals surface area contributed by atoms with Crippen LogP contribution in [0.3, 0.4) is 0 Å². The molecule has 1 aliphatic rings. The van der Waals surface area contributed by atoms with E-state index < -0.39 is 32.5 Å². The molecule has 11 heteroatoms. The van der Waals surface area contributed by atoms with E-state index in [0.717, 1.165) is 70.6 Å². The lowest BCUT2D eigenvalue weighted by Crippen LogP contribution is -2.29. The number of allylic oxidation sites excluding steroid dienone is 6. The molecule has 0 spiro atoms. The number of unbranched alkanes of at least 4 members (excludes halogenated alkanes) is 11. The number of esters is 2. The second kappa shape index (κ2) is 31.6. The molecule has 3 unspecified atom stereocenters. The quantitative estimate of drug-likeness (QED) is 0.0216. The van der Waals surface area contributed by atoms with Crippen molar-refractivity contribution in [1.29, 1.82) is 0 Å². The van der Waals surface area contributed by atoms with E-state index in [1.54, 1.807) is 0 Å². The van der Waals surface area contributed by atoms with Gasteiger partial charge in [0.1, 0.15) is 6.61 Å². The van der Waals surface area contributed by atoms with Gasteiger partial charge in [0.15, 0.2) is 6.10 Å². The largest absolute Gasteiger partial charge is 0.472 e. The number of carbonyl (C=O) groups is 2. The lowest BCUT2D eigenvalue weighted by atomic mass is 10.1. The molecule has 50 heavy (non-hydrogen) atoms. The molecule has 1 fully saturated rings. The van der Waals surface area contributed by atoms with Gasteiger partial charge in [-0.1, -0.05) is 107 Å². The van der Waals surface area contributed by atoms with Crippen LogP contribution in [0, 0.1) is 0 Å². The summed E-state index contributed by atoms with van der Waals surface area (Å²) in [6, 6.07) is 0. The van der Waals surface area contributed by atoms with Gasteiger partial charge in [-0.3, -0.25) is 18.6 Å². The van der Waals surface area contributed by atoms with E-state index in [1.165, 1.54) is 32.1 Å². The molecule has 1 aliphatic heterocycles. The third-order valence-electron chi connectivity index (χ3n) is 8.09. The first-order valence-corrected chi connectivity index (χ1v) is 20.7. The van der Waals surface area contributed by atoms with Crippen LogP contribution < -0.4 is 5.73 Å². The second-order valence-electron chi connectivity index (χ2n) is 12.8. The highest BCUT2D eigenvalue weighted by Crippen LogP contribution is 2.43. The van der Waals surface area contributed by atoms with Gasteiger partial charge in [0.05, 0.1) is 25.4 Å². The molecule has 0 radical (unpaired) electrons. The number of ether oxygens (including phenoxy) is 3. The Morgan fingerprint density at radius 2 is 1.26 bits per heavy atom. The first-order valence-electron chi connectivity index (χ1n) is 19.2. The zero-order valence-corrected chi connectivity index (χ0v) is 32.0. The van der Waals surface area contributed by atoms with Crippen molar-refractivity contribution >= 4 is 19.8 Å². The van der Waals surface area contributed by atoms with Crippen molar-refractivity contribution in [2.24, 2.45) is 5.73 Å². The van der Waals surface area contributed by atoms with E-state index in [9.17, 15) is 19.0 Å². The summed E-state index contributed by atoms with van der Waals surface area (Å²) in [6.45, 7) is 3.55. The molecule has 0 aromatic carbocycles. The molecule has 1 heterocycles. The van der Waals surface area contributed by atoms with Gasteiger partial charge in [-0.25, -0.2) is 4.57 Å². The second-order valence-corrected chi connectivity index (χ2v) is 14.3. The first kappa shape index (κ1) is 46.0. The topological polar surface area (TPSA) is 147 Å². The molecule has 0 bridgehead atoms. The zero-order valence-electron chi connectivity index (χ0n) is 31.1.